The Morgan fingerprint density at radius 3 is 2.06 bits per heavy atom. The van der Waals surface area contributed by atoms with Crippen molar-refractivity contribution in [2.45, 2.75) is 64.7 Å². The minimum absolute atomic E-state index is 0.923. The zero-order valence-electron chi connectivity index (χ0n) is 11.4. The van der Waals surface area contributed by atoms with E-state index in [1.54, 1.807) is 0 Å². The zero-order chi connectivity index (χ0) is 12.3. The molecule has 95 valence electrons. The van der Waals surface area contributed by atoms with Crippen LogP contribution in [-0.2, 0) is 12.8 Å². The maximum absolute atomic E-state index is 3.99. The quantitative estimate of drug-likeness (QED) is 0.502. The molecule has 0 spiro atoms. The van der Waals surface area contributed by atoms with Gasteiger partial charge in [-0.05, 0) is 37.3 Å². The summed E-state index contributed by atoms with van der Waals surface area (Å²) in [5, 5.41) is 0. The molecular formula is C17H27. The Labute approximate surface area is 107 Å². The highest BCUT2D eigenvalue weighted by Gasteiger charge is 1.99. The van der Waals surface area contributed by atoms with Crippen LogP contribution in [0.5, 0.6) is 0 Å². The van der Waals surface area contributed by atoms with Crippen LogP contribution in [0.15, 0.2) is 24.3 Å². The number of rotatable bonds is 9. The zero-order valence-corrected chi connectivity index (χ0v) is 11.4. The van der Waals surface area contributed by atoms with Gasteiger partial charge >= 0.3 is 0 Å². The molecule has 0 saturated heterocycles. The van der Waals surface area contributed by atoms with Gasteiger partial charge in [-0.3, -0.25) is 0 Å². The molecule has 0 aliphatic heterocycles. The molecule has 0 heterocycles. The molecule has 0 saturated carbocycles. The molecular weight excluding hydrogens is 204 g/mol. The molecule has 1 aromatic rings. The van der Waals surface area contributed by atoms with Crippen LogP contribution in [0.1, 0.15) is 63.0 Å². The minimum atomic E-state index is 0.923. The summed E-state index contributed by atoms with van der Waals surface area (Å²) in [7, 11) is 0. The van der Waals surface area contributed by atoms with E-state index in [2.05, 4.69) is 38.1 Å². The van der Waals surface area contributed by atoms with Crippen LogP contribution in [-0.4, -0.2) is 0 Å². The van der Waals surface area contributed by atoms with Crippen molar-refractivity contribution < 1.29 is 0 Å². The first-order valence-electron chi connectivity index (χ1n) is 7.24. The molecule has 0 fully saturated rings. The molecule has 1 aromatic carbocycles. The third-order valence-corrected chi connectivity index (χ3v) is 3.44. The number of hydrogen-bond donors (Lipinski definition) is 0. The van der Waals surface area contributed by atoms with E-state index in [0.717, 1.165) is 6.42 Å². The smallest absolute Gasteiger partial charge is 0.0276 e. The fourth-order valence-corrected chi connectivity index (χ4v) is 2.32. The van der Waals surface area contributed by atoms with Crippen LogP contribution in [0.4, 0.5) is 0 Å². The molecule has 0 aromatic heterocycles. The normalized spacial score (nSPS) is 10.7. The van der Waals surface area contributed by atoms with E-state index < -0.39 is 0 Å². The van der Waals surface area contributed by atoms with E-state index in [-0.39, 0.29) is 0 Å². The Kier molecular flexibility index (Phi) is 7.79. The fraction of sp³-hybridized carbons (Fsp3) is 0.588. The highest BCUT2D eigenvalue weighted by atomic mass is 14.0. The van der Waals surface area contributed by atoms with Gasteiger partial charge < -0.3 is 0 Å². The highest BCUT2D eigenvalue weighted by molar-refractivity contribution is 5.27. The molecule has 0 heteroatoms. The summed E-state index contributed by atoms with van der Waals surface area (Å²) < 4.78 is 0. The average molecular weight is 231 g/mol. The maximum Gasteiger partial charge on any atom is -0.0276 e. The van der Waals surface area contributed by atoms with Crippen LogP contribution in [0.3, 0.4) is 0 Å². The van der Waals surface area contributed by atoms with E-state index >= 15 is 0 Å². The Morgan fingerprint density at radius 2 is 1.41 bits per heavy atom. The molecule has 0 bridgehead atoms. The van der Waals surface area contributed by atoms with Crippen molar-refractivity contribution in [1.82, 2.24) is 0 Å². The lowest BCUT2D eigenvalue weighted by Crippen LogP contribution is -1.92. The summed E-state index contributed by atoms with van der Waals surface area (Å²) in [6, 6.07) is 8.74. The van der Waals surface area contributed by atoms with Gasteiger partial charge in [-0.1, -0.05) is 69.7 Å². The van der Waals surface area contributed by atoms with Crippen molar-refractivity contribution in [1.29, 1.82) is 0 Å². The lowest BCUT2D eigenvalue weighted by Gasteiger charge is -2.07. The Morgan fingerprint density at radius 1 is 0.824 bits per heavy atom. The van der Waals surface area contributed by atoms with Crippen LogP contribution >= 0.6 is 0 Å². The summed E-state index contributed by atoms with van der Waals surface area (Å²) in [4.78, 5) is 0. The van der Waals surface area contributed by atoms with Gasteiger partial charge in [0.15, 0.2) is 0 Å². The van der Waals surface area contributed by atoms with Gasteiger partial charge in [-0.25, -0.2) is 0 Å². The van der Waals surface area contributed by atoms with Gasteiger partial charge in [0.1, 0.15) is 0 Å². The van der Waals surface area contributed by atoms with E-state index in [1.165, 1.54) is 62.5 Å². The van der Waals surface area contributed by atoms with E-state index in [9.17, 15) is 0 Å². The molecule has 0 aliphatic carbocycles. The minimum Gasteiger partial charge on any atom is -0.0654 e. The predicted octanol–water partition coefficient (Wildman–Crippen LogP) is 5.36. The summed E-state index contributed by atoms with van der Waals surface area (Å²) in [5.41, 5.74) is 2.94. The predicted molar refractivity (Wildman–Crippen MR) is 77.2 cm³/mol. The Bertz CT molecular complexity index is 288. The number of hydrogen-bond acceptors (Lipinski definition) is 0. The molecule has 17 heavy (non-hydrogen) atoms. The van der Waals surface area contributed by atoms with Crippen molar-refractivity contribution in [3.05, 3.63) is 42.3 Å². The van der Waals surface area contributed by atoms with Crippen molar-refractivity contribution in [3.8, 4) is 0 Å². The number of benzene rings is 1. The van der Waals surface area contributed by atoms with Crippen molar-refractivity contribution in [3.63, 3.8) is 0 Å². The second-order valence-corrected chi connectivity index (χ2v) is 4.89. The number of unbranched alkanes of at least 4 members (excludes halogenated alkanes) is 6. The van der Waals surface area contributed by atoms with Crippen LogP contribution in [0, 0.1) is 6.92 Å². The summed E-state index contributed by atoms with van der Waals surface area (Å²) >= 11 is 0. The van der Waals surface area contributed by atoms with Crippen molar-refractivity contribution in [2.75, 3.05) is 0 Å². The van der Waals surface area contributed by atoms with Gasteiger partial charge in [-0.15, -0.1) is 0 Å². The summed E-state index contributed by atoms with van der Waals surface area (Å²) in [6.07, 6.45) is 11.9. The first-order valence-corrected chi connectivity index (χ1v) is 7.24. The lowest BCUT2D eigenvalue weighted by molar-refractivity contribution is 0.589. The monoisotopic (exact) mass is 231 g/mol. The lowest BCUT2D eigenvalue weighted by atomic mass is 9.99. The van der Waals surface area contributed by atoms with E-state index in [1.807, 2.05) is 0 Å². The molecule has 1 radical (unpaired) electrons. The Balaban J connectivity index is 2.13. The fourth-order valence-electron chi connectivity index (χ4n) is 2.32. The molecule has 0 unspecified atom stereocenters. The standard InChI is InChI=1S/C17H27/c1-3-5-6-7-8-9-10-14-17-15-12-11-13-16(17)4-2/h11-13,15H,2-10,14H2,1H3. The number of aryl methyl sites for hydroxylation is 1. The van der Waals surface area contributed by atoms with E-state index in [0.29, 0.717) is 0 Å². The Hall–Kier alpha value is -0.780. The van der Waals surface area contributed by atoms with Gasteiger partial charge in [0.2, 0.25) is 0 Å². The highest BCUT2D eigenvalue weighted by Crippen LogP contribution is 2.14. The first kappa shape index (κ1) is 14.3. The maximum atomic E-state index is 3.99. The molecule has 0 amide bonds. The SMILES string of the molecule is [CH2]Cc1ccccc1CCCCCCCCC. The topological polar surface area (TPSA) is 0 Å². The largest absolute Gasteiger partial charge is 0.0654 e. The van der Waals surface area contributed by atoms with Crippen LogP contribution in [0.25, 0.3) is 0 Å². The molecule has 1 rings (SSSR count). The van der Waals surface area contributed by atoms with Gasteiger partial charge in [-0.2, -0.15) is 0 Å². The van der Waals surface area contributed by atoms with Gasteiger partial charge in [0.05, 0.1) is 0 Å². The average Bonchev–Trinajstić information content (AvgIpc) is 2.38. The summed E-state index contributed by atoms with van der Waals surface area (Å²) in [6.45, 7) is 6.27. The second kappa shape index (κ2) is 9.27. The van der Waals surface area contributed by atoms with Crippen LogP contribution in [0.2, 0.25) is 0 Å². The van der Waals surface area contributed by atoms with Crippen molar-refractivity contribution in [2.24, 2.45) is 0 Å². The molecule has 0 aliphatic rings. The van der Waals surface area contributed by atoms with Crippen molar-refractivity contribution >= 4 is 0 Å². The van der Waals surface area contributed by atoms with Gasteiger partial charge in [0.25, 0.3) is 0 Å². The first-order chi connectivity index (χ1) is 8.38. The van der Waals surface area contributed by atoms with Gasteiger partial charge in [0, 0.05) is 0 Å². The molecule has 0 N–H and O–H groups in total. The van der Waals surface area contributed by atoms with E-state index in [4.69, 9.17) is 0 Å². The molecule has 0 nitrogen and oxygen atoms in total. The summed E-state index contributed by atoms with van der Waals surface area (Å²) in [5.74, 6) is 0. The second-order valence-electron chi connectivity index (χ2n) is 4.89. The molecule has 0 atom stereocenters. The van der Waals surface area contributed by atoms with Crippen LogP contribution < -0.4 is 0 Å². The third kappa shape index (κ3) is 5.91. The third-order valence-electron chi connectivity index (χ3n) is 3.44.